The molecule has 0 unspecified atom stereocenters. The van der Waals surface area contributed by atoms with Gasteiger partial charge in [-0.15, -0.1) is 0 Å². The van der Waals surface area contributed by atoms with E-state index >= 15 is 0 Å². The molecular weight excluding hydrogens is 265 g/mol. The summed E-state index contributed by atoms with van der Waals surface area (Å²) in [5.41, 5.74) is 0.593. The summed E-state index contributed by atoms with van der Waals surface area (Å²) < 4.78 is 37.8. The van der Waals surface area contributed by atoms with Gasteiger partial charge in [-0.05, 0) is 36.4 Å². The minimum Gasteiger partial charge on any atom is -0.345 e. The fraction of sp³-hybridized carbons (Fsp3) is 0. The maximum absolute atomic E-state index is 13.1. The number of aromatic amines is 1. The molecule has 0 aliphatic rings. The summed E-state index contributed by atoms with van der Waals surface area (Å²) >= 11 is 0. The topological polar surface area (TPSA) is 49.9 Å². The number of fused-ring (bicyclic) bond motifs is 1. The van der Waals surface area contributed by atoms with Crippen molar-refractivity contribution < 1.29 is 12.8 Å². The first kappa shape index (κ1) is 11.9. The lowest BCUT2D eigenvalue weighted by molar-refractivity contribution is 0.593. The van der Waals surface area contributed by atoms with Crippen LogP contribution in [0.5, 0.6) is 0 Å². The third kappa shape index (κ3) is 2.02. The zero-order chi connectivity index (χ0) is 13.5. The van der Waals surface area contributed by atoms with Gasteiger partial charge in [-0.25, -0.2) is 12.8 Å². The van der Waals surface area contributed by atoms with Gasteiger partial charge in [0.1, 0.15) is 10.8 Å². The van der Waals surface area contributed by atoms with Crippen LogP contribution in [0.25, 0.3) is 10.9 Å². The second kappa shape index (κ2) is 4.20. The summed E-state index contributed by atoms with van der Waals surface area (Å²) in [6, 6.07) is 13.7. The van der Waals surface area contributed by atoms with Gasteiger partial charge in [0.05, 0.1) is 4.90 Å². The first-order chi connectivity index (χ1) is 9.07. The van der Waals surface area contributed by atoms with Gasteiger partial charge >= 0.3 is 0 Å². The van der Waals surface area contributed by atoms with Crippen LogP contribution in [0, 0.1) is 5.82 Å². The molecule has 0 spiro atoms. The molecule has 1 aromatic heterocycles. The molecule has 3 nitrogen and oxygen atoms in total. The molecular formula is C14H10FNO2S. The SMILES string of the molecule is O=S(=O)(c1ccccc1)c1cc2cc(F)ccc2[nH]1. The standard InChI is InChI=1S/C14H10FNO2S/c15-11-6-7-13-10(8-11)9-14(16-13)19(17,18)12-4-2-1-3-5-12/h1-9,16H. The molecule has 0 aliphatic heterocycles. The second-order valence-electron chi connectivity index (χ2n) is 4.18. The summed E-state index contributed by atoms with van der Waals surface area (Å²) in [7, 11) is -3.59. The largest absolute Gasteiger partial charge is 0.345 e. The van der Waals surface area contributed by atoms with Crippen LogP contribution >= 0.6 is 0 Å². The van der Waals surface area contributed by atoms with Crippen molar-refractivity contribution in [2.24, 2.45) is 0 Å². The third-order valence-corrected chi connectivity index (χ3v) is 4.59. The smallest absolute Gasteiger partial charge is 0.221 e. The fourth-order valence-corrected chi connectivity index (χ4v) is 3.24. The van der Waals surface area contributed by atoms with Crippen molar-refractivity contribution in [1.29, 1.82) is 0 Å². The summed E-state index contributed by atoms with van der Waals surface area (Å²) in [6.07, 6.45) is 0. The van der Waals surface area contributed by atoms with Gasteiger partial charge in [-0.3, -0.25) is 0 Å². The van der Waals surface area contributed by atoms with Gasteiger partial charge in [0.25, 0.3) is 0 Å². The Labute approximate surface area is 109 Å². The van der Waals surface area contributed by atoms with Crippen LogP contribution in [0.2, 0.25) is 0 Å². The Hall–Kier alpha value is -2.14. The van der Waals surface area contributed by atoms with Crippen LogP contribution in [-0.4, -0.2) is 13.4 Å². The molecule has 0 aliphatic carbocycles. The Morgan fingerprint density at radius 3 is 2.42 bits per heavy atom. The lowest BCUT2D eigenvalue weighted by Gasteiger charge is -2.00. The Morgan fingerprint density at radius 2 is 1.68 bits per heavy atom. The van der Waals surface area contributed by atoms with Crippen molar-refractivity contribution in [1.82, 2.24) is 4.98 Å². The highest BCUT2D eigenvalue weighted by Crippen LogP contribution is 2.24. The van der Waals surface area contributed by atoms with Crippen LogP contribution in [0.4, 0.5) is 4.39 Å². The van der Waals surface area contributed by atoms with E-state index in [4.69, 9.17) is 0 Å². The highest BCUT2D eigenvalue weighted by molar-refractivity contribution is 7.91. The molecule has 1 heterocycles. The van der Waals surface area contributed by atoms with E-state index in [1.54, 1.807) is 18.2 Å². The van der Waals surface area contributed by atoms with Gasteiger partial charge in [-0.1, -0.05) is 18.2 Å². The molecule has 0 saturated heterocycles. The normalized spacial score (nSPS) is 11.8. The number of halogens is 1. The van der Waals surface area contributed by atoms with Gasteiger partial charge in [0, 0.05) is 10.9 Å². The van der Waals surface area contributed by atoms with E-state index in [0.717, 1.165) is 0 Å². The predicted molar refractivity (Wildman–Crippen MR) is 70.2 cm³/mol. The van der Waals surface area contributed by atoms with Crippen LogP contribution in [-0.2, 0) is 9.84 Å². The maximum atomic E-state index is 13.1. The van der Waals surface area contributed by atoms with E-state index in [9.17, 15) is 12.8 Å². The van der Waals surface area contributed by atoms with Gasteiger partial charge in [0.2, 0.25) is 9.84 Å². The molecule has 3 rings (SSSR count). The Bertz CT molecular complexity index is 838. The molecule has 2 aromatic carbocycles. The highest BCUT2D eigenvalue weighted by atomic mass is 32.2. The number of nitrogens with one attached hydrogen (secondary N) is 1. The highest BCUT2D eigenvalue weighted by Gasteiger charge is 2.19. The van der Waals surface area contributed by atoms with Crippen LogP contribution in [0.1, 0.15) is 0 Å². The fourth-order valence-electron chi connectivity index (χ4n) is 1.95. The minimum absolute atomic E-state index is 0.0688. The average Bonchev–Trinajstić information content (AvgIpc) is 2.83. The molecule has 0 fully saturated rings. The minimum atomic E-state index is -3.59. The lowest BCUT2D eigenvalue weighted by Crippen LogP contribution is -2.01. The molecule has 0 bridgehead atoms. The van der Waals surface area contributed by atoms with Crippen LogP contribution < -0.4 is 0 Å². The van der Waals surface area contributed by atoms with Crippen molar-refractivity contribution in [3.05, 3.63) is 60.4 Å². The molecule has 3 aromatic rings. The van der Waals surface area contributed by atoms with E-state index < -0.39 is 15.7 Å². The molecule has 96 valence electrons. The third-order valence-electron chi connectivity index (χ3n) is 2.90. The van der Waals surface area contributed by atoms with Crippen LogP contribution in [0.3, 0.4) is 0 Å². The molecule has 0 saturated carbocycles. The molecule has 0 radical (unpaired) electrons. The van der Waals surface area contributed by atoms with E-state index in [-0.39, 0.29) is 9.92 Å². The van der Waals surface area contributed by atoms with Gasteiger partial charge < -0.3 is 4.98 Å². The van der Waals surface area contributed by atoms with Crippen molar-refractivity contribution in [2.45, 2.75) is 9.92 Å². The van der Waals surface area contributed by atoms with Crippen molar-refractivity contribution in [2.75, 3.05) is 0 Å². The summed E-state index contributed by atoms with van der Waals surface area (Å²) in [5.74, 6) is -0.393. The monoisotopic (exact) mass is 275 g/mol. The Kier molecular flexibility index (Phi) is 2.64. The number of sulfone groups is 1. The number of aromatic nitrogens is 1. The van der Waals surface area contributed by atoms with Gasteiger partial charge in [-0.2, -0.15) is 0 Å². The number of H-pyrrole nitrogens is 1. The van der Waals surface area contributed by atoms with Crippen molar-refractivity contribution >= 4 is 20.7 Å². The summed E-state index contributed by atoms with van der Waals surface area (Å²) in [4.78, 5) is 3.02. The van der Waals surface area contributed by atoms with Gasteiger partial charge in [0.15, 0.2) is 0 Å². The Morgan fingerprint density at radius 1 is 0.947 bits per heavy atom. The van der Waals surface area contributed by atoms with Crippen molar-refractivity contribution in [3.8, 4) is 0 Å². The van der Waals surface area contributed by atoms with Crippen LogP contribution in [0.15, 0.2) is 64.5 Å². The molecule has 1 N–H and O–H groups in total. The first-order valence-electron chi connectivity index (χ1n) is 5.66. The van der Waals surface area contributed by atoms with E-state index in [1.807, 2.05) is 0 Å². The van der Waals surface area contributed by atoms with E-state index in [0.29, 0.717) is 10.9 Å². The maximum Gasteiger partial charge on any atom is 0.221 e. The molecule has 0 atom stereocenters. The molecule has 0 amide bonds. The number of rotatable bonds is 2. The Balaban J connectivity index is 2.19. The quantitative estimate of drug-likeness (QED) is 0.781. The van der Waals surface area contributed by atoms with Crippen molar-refractivity contribution in [3.63, 3.8) is 0 Å². The lowest BCUT2D eigenvalue weighted by atomic mass is 10.2. The zero-order valence-electron chi connectivity index (χ0n) is 9.80. The molecule has 19 heavy (non-hydrogen) atoms. The zero-order valence-corrected chi connectivity index (χ0v) is 10.6. The summed E-state index contributed by atoms with van der Waals surface area (Å²) in [5, 5.41) is 0.605. The number of hydrogen-bond acceptors (Lipinski definition) is 2. The first-order valence-corrected chi connectivity index (χ1v) is 7.14. The van der Waals surface area contributed by atoms with E-state index in [1.165, 1.54) is 36.4 Å². The van der Waals surface area contributed by atoms with E-state index in [2.05, 4.69) is 4.98 Å². The second-order valence-corrected chi connectivity index (χ2v) is 6.10. The average molecular weight is 275 g/mol. The summed E-state index contributed by atoms with van der Waals surface area (Å²) in [6.45, 7) is 0. The number of hydrogen-bond donors (Lipinski definition) is 1. The molecule has 5 heteroatoms. The predicted octanol–water partition coefficient (Wildman–Crippen LogP) is 3.14. The number of benzene rings is 2.